The zero-order chi connectivity index (χ0) is 10.8. The highest BCUT2D eigenvalue weighted by Gasteiger charge is 2.02. The molecule has 0 saturated heterocycles. The molecule has 6 heteroatoms. The van der Waals surface area contributed by atoms with Crippen molar-refractivity contribution in [1.82, 2.24) is 19.7 Å². The van der Waals surface area contributed by atoms with Crippen LogP contribution in [0.4, 0.5) is 0 Å². The molecule has 0 fully saturated rings. The third kappa shape index (κ3) is 1.88. The van der Waals surface area contributed by atoms with E-state index in [2.05, 4.69) is 15.1 Å². The van der Waals surface area contributed by atoms with Gasteiger partial charge in [0, 0.05) is 24.4 Å². The van der Waals surface area contributed by atoms with Crippen LogP contribution in [0.2, 0.25) is 0 Å². The van der Waals surface area contributed by atoms with E-state index >= 15 is 0 Å². The zero-order valence-corrected chi connectivity index (χ0v) is 8.15. The van der Waals surface area contributed by atoms with Crippen molar-refractivity contribution in [2.24, 2.45) is 0 Å². The summed E-state index contributed by atoms with van der Waals surface area (Å²) >= 11 is 0. The Hall–Kier alpha value is -2.11. The van der Waals surface area contributed by atoms with Crippen molar-refractivity contribution >= 4 is 0 Å². The predicted molar refractivity (Wildman–Crippen MR) is 54.6 cm³/mol. The van der Waals surface area contributed by atoms with Crippen LogP contribution in [0.5, 0.6) is 0 Å². The summed E-state index contributed by atoms with van der Waals surface area (Å²) in [5.41, 5.74) is 0.267. The number of nitrogens with one attached hydrogen (secondary N) is 2. The van der Waals surface area contributed by atoms with E-state index in [1.165, 1.54) is 6.07 Å². The van der Waals surface area contributed by atoms with Gasteiger partial charge in [-0.1, -0.05) is 0 Å². The first kappa shape index (κ1) is 9.45. The monoisotopic (exact) mass is 206 g/mol. The number of aromatic nitrogens is 4. The van der Waals surface area contributed by atoms with Crippen LogP contribution in [0.25, 0.3) is 11.3 Å². The molecule has 0 aliphatic rings. The van der Waals surface area contributed by atoms with E-state index in [-0.39, 0.29) is 0 Å². The summed E-state index contributed by atoms with van der Waals surface area (Å²) in [5, 5.41) is 4.05. The van der Waals surface area contributed by atoms with Gasteiger partial charge in [-0.05, 0) is 6.92 Å². The van der Waals surface area contributed by atoms with E-state index < -0.39 is 11.2 Å². The molecular weight excluding hydrogens is 196 g/mol. The molecule has 15 heavy (non-hydrogen) atoms. The number of nitrogens with zero attached hydrogens (tertiary/aromatic N) is 2. The zero-order valence-electron chi connectivity index (χ0n) is 8.15. The van der Waals surface area contributed by atoms with Gasteiger partial charge in [0.05, 0.1) is 11.9 Å². The van der Waals surface area contributed by atoms with Crippen LogP contribution >= 0.6 is 0 Å². The minimum atomic E-state index is -0.512. The maximum Gasteiger partial charge on any atom is 0.326 e. The molecule has 2 heterocycles. The van der Waals surface area contributed by atoms with Crippen LogP contribution in [0.1, 0.15) is 6.92 Å². The van der Waals surface area contributed by atoms with Crippen LogP contribution in [-0.4, -0.2) is 19.7 Å². The van der Waals surface area contributed by atoms with Gasteiger partial charge in [-0.15, -0.1) is 0 Å². The molecule has 0 aliphatic heterocycles. The summed E-state index contributed by atoms with van der Waals surface area (Å²) in [6.45, 7) is 2.70. The number of hydrogen-bond donors (Lipinski definition) is 2. The summed E-state index contributed by atoms with van der Waals surface area (Å²) in [6.07, 6.45) is 3.37. The van der Waals surface area contributed by atoms with E-state index in [1.54, 1.807) is 17.1 Å². The van der Waals surface area contributed by atoms with Crippen molar-refractivity contribution in [2.45, 2.75) is 13.5 Å². The van der Waals surface area contributed by atoms with Crippen LogP contribution < -0.4 is 11.2 Å². The topological polar surface area (TPSA) is 83.5 Å². The highest BCUT2D eigenvalue weighted by Crippen LogP contribution is 2.11. The van der Waals surface area contributed by atoms with Crippen molar-refractivity contribution in [3.63, 3.8) is 0 Å². The standard InChI is InChI=1S/C9H10N4O2/c1-2-13-5-6(4-10-13)7-3-8(14)12-9(15)11-7/h3-5H,2H2,1H3,(H2,11,12,14,15). The quantitative estimate of drug-likeness (QED) is 0.722. The second kappa shape index (κ2) is 3.56. The van der Waals surface area contributed by atoms with Crippen LogP contribution in [0.3, 0.4) is 0 Å². The Morgan fingerprint density at radius 3 is 2.80 bits per heavy atom. The maximum absolute atomic E-state index is 11.1. The fourth-order valence-corrected chi connectivity index (χ4v) is 1.30. The van der Waals surface area contributed by atoms with Crippen LogP contribution in [-0.2, 0) is 6.54 Å². The smallest absolute Gasteiger partial charge is 0.307 e. The van der Waals surface area contributed by atoms with Gasteiger partial charge in [0.15, 0.2) is 0 Å². The third-order valence-corrected chi connectivity index (χ3v) is 2.03. The first-order chi connectivity index (χ1) is 7.19. The normalized spacial score (nSPS) is 10.5. The van der Waals surface area contributed by atoms with Gasteiger partial charge in [0.2, 0.25) is 0 Å². The Labute approximate surface area is 84.6 Å². The van der Waals surface area contributed by atoms with Gasteiger partial charge >= 0.3 is 5.69 Å². The molecule has 0 atom stereocenters. The van der Waals surface area contributed by atoms with E-state index in [0.29, 0.717) is 5.69 Å². The number of H-pyrrole nitrogens is 2. The lowest BCUT2D eigenvalue weighted by molar-refractivity contribution is 0.660. The summed E-state index contributed by atoms with van der Waals surface area (Å²) in [4.78, 5) is 26.7. The second-order valence-electron chi connectivity index (χ2n) is 3.09. The Kier molecular flexibility index (Phi) is 2.24. The van der Waals surface area contributed by atoms with Crippen molar-refractivity contribution in [3.8, 4) is 11.3 Å². The lowest BCUT2D eigenvalue weighted by atomic mass is 10.2. The molecule has 2 aromatic heterocycles. The van der Waals surface area contributed by atoms with Crippen molar-refractivity contribution < 1.29 is 0 Å². The molecular formula is C9H10N4O2. The highest BCUT2D eigenvalue weighted by atomic mass is 16.2. The Bertz CT molecular complexity index is 550. The van der Waals surface area contributed by atoms with E-state index in [4.69, 9.17) is 0 Å². The van der Waals surface area contributed by atoms with Gasteiger partial charge in [-0.25, -0.2) is 4.79 Å². The summed E-state index contributed by atoms with van der Waals surface area (Å²) in [7, 11) is 0. The average Bonchev–Trinajstić information content (AvgIpc) is 2.64. The molecule has 0 aliphatic carbocycles. The van der Waals surface area contributed by atoms with Crippen molar-refractivity contribution in [1.29, 1.82) is 0 Å². The number of rotatable bonds is 2. The first-order valence-corrected chi connectivity index (χ1v) is 4.55. The van der Waals surface area contributed by atoms with E-state index in [0.717, 1.165) is 12.1 Å². The Balaban J connectivity index is 2.53. The lowest BCUT2D eigenvalue weighted by Crippen LogP contribution is -2.21. The fraction of sp³-hybridized carbons (Fsp3) is 0.222. The molecule has 78 valence electrons. The van der Waals surface area contributed by atoms with Gasteiger partial charge in [0.1, 0.15) is 0 Å². The minimum absolute atomic E-state index is 0.419. The molecule has 0 amide bonds. The fourth-order valence-electron chi connectivity index (χ4n) is 1.30. The molecule has 6 nitrogen and oxygen atoms in total. The largest absolute Gasteiger partial charge is 0.326 e. The van der Waals surface area contributed by atoms with E-state index in [9.17, 15) is 9.59 Å². The van der Waals surface area contributed by atoms with Crippen LogP contribution in [0.15, 0.2) is 28.0 Å². The molecule has 0 unspecified atom stereocenters. The van der Waals surface area contributed by atoms with Crippen molar-refractivity contribution in [2.75, 3.05) is 0 Å². The molecule has 2 N–H and O–H groups in total. The lowest BCUT2D eigenvalue weighted by Gasteiger charge is -1.94. The molecule has 0 aromatic carbocycles. The van der Waals surface area contributed by atoms with Gasteiger partial charge in [0.25, 0.3) is 5.56 Å². The number of aryl methyl sites for hydroxylation is 1. The molecule has 2 aromatic rings. The minimum Gasteiger partial charge on any atom is -0.307 e. The SMILES string of the molecule is CCn1cc(-c2cc(=O)[nH]c(=O)[nH]2)cn1. The first-order valence-electron chi connectivity index (χ1n) is 4.55. The van der Waals surface area contributed by atoms with Gasteiger partial charge in [-0.2, -0.15) is 5.10 Å². The second-order valence-corrected chi connectivity index (χ2v) is 3.09. The average molecular weight is 206 g/mol. The van der Waals surface area contributed by atoms with Crippen LogP contribution in [0, 0.1) is 0 Å². The molecule has 0 spiro atoms. The highest BCUT2D eigenvalue weighted by molar-refractivity contribution is 5.55. The molecule has 0 radical (unpaired) electrons. The summed E-state index contributed by atoms with van der Waals surface area (Å²) in [6, 6.07) is 1.33. The van der Waals surface area contributed by atoms with Gasteiger partial charge in [-0.3, -0.25) is 14.5 Å². The predicted octanol–water partition coefficient (Wildman–Crippen LogP) is -0.0534. The summed E-state index contributed by atoms with van der Waals surface area (Å²) < 4.78 is 1.72. The molecule has 2 rings (SSSR count). The Morgan fingerprint density at radius 1 is 1.40 bits per heavy atom. The van der Waals surface area contributed by atoms with Gasteiger partial charge < -0.3 is 4.98 Å². The number of aromatic amines is 2. The molecule has 0 saturated carbocycles. The Morgan fingerprint density at radius 2 is 2.20 bits per heavy atom. The number of hydrogen-bond acceptors (Lipinski definition) is 3. The van der Waals surface area contributed by atoms with E-state index in [1.807, 2.05) is 6.92 Å². The third-order valence-electron chi connectivity index (χ3n) is 2.03. The molecule has 0 bridgehead atoms. The van der Waals surface area contributed by atoms with Crippen molar-refractivity contribution in [3.05, 3.63) is 39.3 Å². The maximum atomic E-state index is 11.1. The summed E-state index contributed by atoms with van der Waals surface area (Å²) in [5.74, 6) is 0.